The van der Waals surface area contributed by atoms with Gasteiger partial charge in [0, 0.05) is 13.7 Å². The zero-order valence-corrected chi connectivity index (χ0v) is 10.4. The van der Waals surface area contributed by atoms with Crippen LogP contribution in [-0.2, 0) is 14.3 Å². The average Bonchev–Trinajstić information content (AvgIpc) is 2.16. The molecule has 5 nitrogen and oxygen atoms in total. The van der Waals surface area contributed by atoms with Crippen molar-refractivity contribution in [2.75, 3.05) is 47.7 Å². The summed E-state index contributed by atoms with van der Waals surface area (Å²) >= 11 is 0. The van der Waals surface area contributed by atoms with Gasteiger partial charge in [0.1, 0.15) is 0 Å². The second kappa shape index (κ2) is 9.89. The van der Waals surface area contributed by atoms with E-state index in [2.05, 4.69) is 25.8 Å². The first-order valence-electron chi connectivity index (χ1n) is 4.98. The number of carbonyl (C=O) groups excluding carboxylic acids is 1. The predicted molar refractivity (Wildman–Crippen MR) is 56.0 cm³/mol. The predicted octanol–water partition coefficient (Wildman–Crippen LogP) is -0.541. The molecule has 0 heterocycles. The third kappa shape index (κ3) is 16.1. The maximum absolute atomic E-state index is 9.36. The van der Waals surface area contributed by atoms with Crippen molar-refractivity contribution in [3.8, 4) is 0 Å². The Hall–Kier alpha value is -0.650. The third-order valence-electron chi connectivity index (χ3n) is 1.76. The molecule has 0 amide bonds. The highest BCUT2D eigenvalue weighted by molar-refractivity contribution is 5.65. The molecule has 0 unspecified atom stereocenters. The first-order chi connectivity index (χ1) is 6.89. The summed E-state index contributed by atoms with van der Waals surface area (Å²) in [7, 11) is 5.63. The summed E-state index contributed by atoms with van der Waals surface area (Å²) in [4.78, 5) is 9.36. The van der Waals surface area contributed by atoms with E-state index in [-0.39, 0.29) is 6.61 Å². The molecule has 0 aromatic rings. The number of carbonyl (C=O) groups is 1. The lowest BCUT2D eigenvalue weighted by atomic mass is 10.5. The number of ether oxygens (including phenoxy) is 2. The summed E-state index contributed by atoms with van der Waals surface area (Å²) < 4.78 is 10.4. The Morgan fingerprint density at radius 2 is 1.87 bits per heavy atom. The second-order valence-corrected chi connectivity index (χ2v) is 3.68. The topological polar surface area (TPSA) is 58.6 Å². The average molecular weight is 221 g/mol. The molecule has 0 radical (unpaired) electrons. The van der Waals surface area contributed by atoms with Crippen LogP contribution in [0.15, 0.2) is 0 Å². The van der Waals surface area contributed by atoms with E-state index in [1.54, 1.807) is 0 Å². The van der Waals surface area contributed by atoms with Crippen LogP contribution in [0, 0.1) is 0 Å². The first-order valence-corrected chi connectivity index (χ1v) is 4.98. The maximum atomic E-state index is 9.36. The van der Waals surface area contributed by atoms with Crippen molar-refractivity contribution in [1.29, 1.82) is 0 Å². The number of quaternary nitrogens is 1. The zero-order chi connectivity index (χ0) is 12.3. The summed E-state index contributed by atoms with van der Waals surface area (Å²) in [6.07, 6.45) is 0. The van der Waals surface area contributed by atoms with Crippen LogP contribution in [0.4, 0.5) is 0 Å². The SMILES string of the molecule is CCOC[N+](C)(C)CC.COCC(=O)[O-]. The van der Waals surface area contributed by atoms with Crippen LogP contribution in [0.5, 0.6) is 0 Å². The van der Waals surface area contributed by atoms with Crippen molar-refractivity contribution in [2.45, 2.75) is 13.8 Å². The van der Waals surface area contributed by atoms with Gasteiger partial charge in [-0.15, -0.1) is 0 Å². The lowest BCUT2D eigenvalue weighted by Gasteiger charge is -2.26. The summed E-state index contributed by atoms with van der Waals surface area (Å²) in [6.45, 7) is 6.64. The molecule has 0 aliphatic carbocycles. The molecule has 0 fully saturated rings. The molecule has 0 aliphatic heterocycles. The lowest BCUT2D eigenvalue weighted by molar-refractivity contribution is -0.907. The summed E-state index contributed by atoms with van der Waals surface area (Å²) in [5, 5.41) is 9.36. The van der Waals surface area contributed by atoms with Crippen LogP contribution >= 0.6 is 0 Å². The van der Waals surface area contributed by atoms with Crippen LogP contribution in [0.3, 0.4) is 0 Å². The van der Waals surface area contributed by atoms with Gasteiger partial charge in [-0.2, -0.15) is 0 Å². The van der Waals surface area contributed by atoms with Gasteiger partial charge in [-0.05, 0) is 13.8 Å². The number of hydrogen-bond acceptors (Lipinski definition) is 4. The van der Waals surface area contributed by atoms with Gasteiger partial charge in [0.25, 0.3) is 0 Å². The molecule has 0 aromatic heterocycles. The van der Waals surface area contributed by atoms with Crippen molar-refractivity contribution in [1.82, 2.24) is 0 Å². The van der Waals surface area contributed by atoms with Crippen molar-refractivity contribution in [2.24, 2.45) is 0 Å². The van der Waals surface area contributed by atoms with E-state index in [9.17, 15) is 9.90 Å². The Labute approximate surface area is 92.2 Å². The second-order valence-electron chi connectivity index (χ2n) is 3.68. The van der Waals surface area contributed by atoms with Gasteiger partial charge in [0.2, 0.25) is 0 Å². The van der Waals surface area contributed by atoms with Crippen LogP contribution in [-0.4, -0.2) is 58.1 Å². The molecule has 0 spiro atoms. The van der Waals surface area contributed by atoms with Gasteiger partial charge in [0.05, 0.1) is 33.2 Å². The summed E-state index contributed by atoms with van der Waals surface area (Å²) in [5.41, 5.74) is 0. The molecule has 0 N–H and O–H groups in total. The van der Waals surface area contributed by atoms with Gasteiger partial charge in [-0.1, -0.05) is 0 Å². The minimum atomic E-state index is -1.18. The van der Waals surface area contributed by atoms with E-state index < -0.39 is 5.97 Å². The monoisotopic (exact) mass is 221 g/mol. The Balaban J connectivity index is 0. The van der Waals surface area contributed by atoms with E-state index in [0.717, 1.165) is 24.4 Å². The smallest absolute Gasteiger partial charge is 0.182 e. The fourth-order valence-corrected chi connectivity index (χ4v) is 0.548. The first kappa shape index (κ1) is 16.8. The van der Waals surface area contributed by atoms with Gasteiger partial charge >= 0.3 is 0 Å². The molecular formula is C10H23NO4. The third-order valence-corrected chi connectivity index (χ3v) is 1.76. The largest absolute Gasteiger partial charge is 0.548 e. The standard InChI is InChI=1S/C7H18NO.C3H6O3/c1-5-8(3,4)7-9-6-2;1-6-2-3(4)5/h5-7H2,1-4H3;2H2,1H3,(H,4,5)/q+1;/p-1. The maximum Gasteiger partial charge on any atom is 0.182 e. The van der Waals surface area contributed by atoms with Crippen molar-refractivity contribution < 1.29 is 23.9 Å². The minimum Gasteiger partial charge on any atom is -0.548 e. The number of rotatable bonds is 6. The molecule has 0 atom stereocenters. The van der Waals surface area contributed by atoms with E-state index in [1.165, 1.54) is 7.11 Å². The van der Waals surface area contributed by atoms with Gasteiger partial charge in [0.15, 0.2) is 6.73 Å². The molecule has 0 saturated carbocycles. The quantitative estimate of drug-likeness (QED) is 0.446. The number of nitrogens with zero attached hydrogens (tertiary/aromatic N) is 1. The molecule has 0 aliphatic rings. The van der Waals surface area contributed by atoms with Crippen LogP contribution in [0.1, 0.15) is 13.8 Å². The molecule has 15 heavy (non-hydrogen) atoms. The van der Waals surface area contributed by atoms with Gasteiger partial charge in [-0.25, -0.2) is 0 Å². The Morgan fingerprint density at radius 3 is 2.07 bits per heavy atom. The highest BCUT2D eigenvalue weighted by Gasteiger charge is 2.09. The van der Waals surface area contributed by atoms with E-state index >= 15 is 0 Å². The summed E-state index contributed by atoms with van der Waals surface area (Å²) in [6, 6.07) is 0. The van der Waals surface area contributed by atoms with E-state index in [1.807, 2.05) is 6.92 Å². The molecule has 0 aromatic carbocycles. The van der Waals surface area contributed by atoms with E-state index in [4.69, 9.17) is 4.74 Å². The van der Waals surface area contributed by atoms with Gasteiger partial charge < -0.3 is 23.9 Å². The number of methoxy groups -OCH3 is 1. The Kier molecular flexibility index (Phi) is 11.1. The fourth-order valence-electron chi connectivity index (χ4n) is 0.548. The van der Waals surface area contributed by atoms with E-state index in [0.29, 0.717) is 0 Å². The minimum absolute atomic E-state index is 0.319. The normalized spacial score (nSPS) is 10.5. The molecule has 0 saturated heterocycles. The number of aliphatic carboxylic acids is 1. The molecule has 0 bridgehead atoms. The van der Waals surface area contributed by atoms with Crippen molar-refractivity contribution in [3.05, 3.63) is 0 Å². The lowest BCUT2D eigenvalue weighted by Crippen LogP contribution is -2.41. The molecular weight excluding hydrogens is 198 g/mol. The van der Waals surface area contributed by atoms with Crippen LogP contribution in [0.2, 0.25) is 0 Å². The van der Waals surface area contributed by atoms with Gasteiger partial charge in [-0.3, -0.25) is 0 Å². The summed E-state index contributed by atoms with van der Waals surface area (Å²) in [5.74, 6) is -1.18. The van der Waals surface area contributed by atoms with Crippen molar-refractivity contribution >= 4 is 5.97 Å². The van der Waals surface area contributed by atoms with Crippen LogP contribution in [0.25, 0.3) is 0 Å². The molecule has 0 rings (SSSR count). The Bertz CT molecular complexity index is 160. The Morgan fingerprint density at radius 1 is 1.33 bits per heavy atom. The van der Waals surface area contributed by atoms with Crippen LogP contribution < -0.4 is 5.11 Å². The zero-order valence-electron chi connectivity index (χ0n) is 10.4. The highest BCUT2D eigenvalue weighted by atomic mass is 16.5. The number of hydrogen-bond donors (Lipinski definition) is 0. The number of carboxylic acids is 1. The highest BCUT2D eigenvalue weighted by Crippen LogP contribution is 1.94. The fraction of sp³-hybridized carbons (Fsp3) is 0.900. The number of carboxylic acid groups (broad SMARTS) is 1. The molecule has 5 heteroatoms. The van der Waals surface area contributed by atoms with Crippen molar-refractivity contribution in [3.63, 3.8) is 0 Å². The molecule has 92 valence electrons.